The number of hydrogen-bond acceptors (Lipinski definition) is 5. The van der Waals surface area contributed by atoms with Crippen LogP contribution in [0, 0.1) is 6.92 Å². The van der Waals surface area contributed by atoms with Gasteiger partial charge in [0.2, 0.25) is 0 Å². The van der Waals surface area contributed by atoms with Gasteiger partial charge < -0.3 is 20.0 Å². The summed E-state index contributed by atoms with van der Waals surface area (Å²) in [6, 6.07) is 9.80. The summed E-state index contributed by atoms with van der Waals surface area (Å²) < 4.78 is 0. The molecular formula is C18H24N6O. The summed E-state index contributed by atoms with van der Waals surface area (Å²) in [6.07, 6.45) is 1.75. The van der Waals surface area contributed by atoms with Gasteiger partial charge in [-0.05, 0) is 24.6 Å². The van der Waals surface area contributed by atoms with Crippen molar-refractivity contribution in [2.45, 2.75) is 6.92 Å². The molecule has 7 nitrogen and oxygen atoms in total. The number of urea groups is 1. The lowest BCUT2D eigenvalue weighted by atomic mass is 10.2. The molecular weight excluding hydrogens is 316 g/mol. The van der Waals surface area contributed by atoms with Crippen molar-refractivity contribution in [3.63, 3.8) is 0 Å². The average molecular weight is 340 g/mol. The second-order valence-electron chi connectivity index (χ2n) is 6.44. The molecule has 0 spiro atoms. The topological polar surface area (TPSA) is 64.6 Å². The van der Waals surface area contributed by atoms with Gasteiger partial charge in [0.25, 0.3) is 0 Å². The maximum atomic E-state index is 12.4. The molecule has 3 rings (SSSR count). The maximum absolute atomic E-state index is 12.4. The summed E-state index contributed by atoms with van der Waals surface area (Å²) in [7, 11) is 3.96. The number of aromatic nitrogens is 2. The maximum Gasteiger partial charge on any atom is 0.321 e. The highest BCUT2D eigenvalue weighted by Gasteiger charge is 2.22. The molecule has 1 aliphatic rings. The van der Waals surface area contributed by atoms with E-state index >= 15 is 0 Å². The summed E-state index contributed by atoms with van der Waals surface area (Å²) >= 11 is 0. The van der Waals surface area contributed by atoms with Crippen LogP contribution in [0.15, 0.2) is 36.5 Å². The zero-order chi connectivity index (χ0) is 17.8. The third-order valence-electron chi connectivity index (χ3n) is 4.30. The number of anilines is 3. The number of nitrogens with zero attached hydrogens (tertiary/aromatic N) is 5. The standard InChI is InChI=1S/C18H24N6O/c1-14-5-4-6-15(11-14)20-18(25)24-9-7-23(8-10-24)17-12-16(22(2)3)13-19-21-17/h4-6,11-13H,7-10H2,1-3H3,(H,20,25). The lowest BCUT2D eigenvalue weighted by Gasteiger charge is -2.35. The summed E-state index contributed by atoms with van der Waals surface area (Å²) in [5, 5.41) is 11.3. The van der Waals surface area contributed by atoms with Gasteiger partial charge in [0.05, 0.1) is 11.9 Å². The minimum Gasteiger partial charge on any atom is -0.376 e. The van der Waals surface area contributed by atoms with Crippen molar-refractivity contribution in [2.75, 3.05) is 55.4 Å². The first-order valence-electron chi connectivity index (χ1n) is 8.40. The van der Waals surface area contributed by atoms with Gasteiger partial charge in [0.1, 0.15) is 0 Å². The van der Waals surface area contributed by atoms with E-state index in [0.29, 0.717) is 13.1 Å². The Morgan fingerprint density at radius 3 is 2.60 bits per heavy atom. The van der Waals surface area contributed by atoms with Gasteiger partial charge in [-0.3, -0.25) is 0 Å². The molecule has 1 saturated heterocycles. The molecule has 1 aliphatic heterocycles. The molecule has 0 unspecified atom stereocenters. The molecule has 0 radical (unpaired) electrons. The van der Waals surface area contributed by atoms with Crippen LogP contribution in [0.2, 0.25) is 0 Å². The first kappa shape index (κ1) is 17.0. The van der Waals surface area contributed by atoms with E-state index < -0.39 is 0 Å². The molecule has 132 valence electrons. The molecule has 7 heteroatoms. The molecule has 1 fully saturated rings. The Bertz CT molecular complexity index is 740. The molecule has 0 atom stereocenters. The quantitative estimate of drug-likeness (QED) is 0.928. The molecule has 2 aromatic rings. The molecule has 25 heavy (non-hydrogen) atoms. The van der Waals surface area contributed by atoms with Gasteiger partial charge in [-0.2, -0.15) is 5.10 Å². The number of rotatable bonds is 3. The van der Waals surface area contributed by atoms with Crippen molar-refractivity contribution in [3.8, 4) is 0 Å². The Morgan fingerprint density at radius 2 is 1.92 bits per heavy atom. The number of aryl methyl sites for hydroxylation is 1. The van der Waals surface area contributed by atoms with Crippen LogP contribution >= 0.6 is 0 Å². The smallest absolute Gasteiger partial charge is 0.321 e. The third-order valence-corrected chi connectivity index (χ3v) is 4.30. The number of hydrogen-bond donors (Lipinski definition) is 1. The Morgan fingerprint density at radius 1 is 1.16 bits per heavy atom. The normalized spacial score (nSPS) is 14.4. The summed E-state index contributed by atoms with van der Waals surface area (Å²) in [5.74, 6) is 0.852. The van der Waals surface area contributed by atoms with E-state index in [1.165, 1.54) is 0 Å². The highest BCUT2D eigenvalue weighted by atomic mass is 16.2. The molecule has 0 aliphatic carbocycles. The number of amides is 2. The highest BCUT2D eigenvalue weighted by molar-refractivity contribution is 5.89. The first-order valence-corrected chi connectivity index (χ1v) is 8.40. The number of piperazine rings is 1. The highest BCUT2D eigenvalue weighted by Crippen LogP contribution is 2.19. The molecule has 1 N–H and O–H groups in total. The van der Waals surface area contributed by atoms with Crippen LogP contribution in [0.1, 0.15) is 5.56 Å². The number of nitrogens with one attached hydrogen (secondary N) is 1. The molecule has 1 aromatic heterocycles. The van der Waals surface area contributed by atoms with Gasteiger partial charge in [0, 0.05) is 52.0 Å². The van der Waals surface area contributed by atoms with Crippen molar-refractivity contribution < 1.29 is 4.79 Å². The van der Waals surface area contributed by atoms with Crippen molar-refractivity contribution in [3.05, 3.63) is 42.1 Å². The van der Waals surface area contributed by atoms with E-state index in [1.54, 1.807) is 6.20 Å². The Balaban J connectivity index is 1.58. The largest absolute Gasteiger partial charge is 0.376 e. The monoisotopic (exact) mass is 340 g/mol. The Labute approximate surface area is 148 Å². The second-order valence-corrected chi connectivity index (χ2v) is 6.44. The minimum absolute atomic E-state index is 0.0571. The molecule has 2 amide bonds. The van der Waals surface area contributed by atoms with Crippen molar-refractivity contribution >= 4 is 23.2 Å². The van der Waals surface area contributed by atoms with Crippen molar-refractivity contribution in [1.29, 1.82) is 0 Å². The molecule has 1 aromatic carbocycles. The van der Waals surface area contributed by atoms with Gasteiger partial charge in [-0.1, -0.05) is 12.1 Å². The van der Waals surface area contributed by atoms with E-state index in [-0.39, 0.29) is 6.03 Å². The van der Waals surface area contributed by atoms with Crippen molar-refractivity contribution in [2.24, 2.45) is 0 Å². The van der Waals surface area contributed by atoms with Crippen LogP contribution in [0.25, 0.3) is 0 Å². The van der Waals surface area contributed by atoms with E-state index in [9.17, 15) is 4.79 Å². The van der Waals surface area contributed by atoms with Crippen molar-refractivity contribution in [1.82, 2.24) is 15.1 Å². The zero-order valence-electron chi connectivity index (χ0n) is 14.9. The lowest BCUT2D eigenvalue weighted by Crippen LogP contribution is -2.50. The zero-order valence-corrected chi connectivity index (χ0v) is 14.9. The van der Waals surface area contributed by atoms with Gasteiger partial charge in [-0.25, -0.2) is 4.79 Å². The van der Waals surface area contributed by atoms with Crippen LogP contribution < -0.4 is 15.1 Å². The molecule has 2 heterocycles. The van der Waals surface area contributed by atoms with Crippen LogP contribution in [0.3, 0.4) is 0 Å². The Hall–Kier alpha value is -2.83. The fourth-order valence-electron chi connectivity index (χ4n) is 2.81. The molecule has 0 bridgehead atoms. The Kier molecular flexibility index (Phi) is 5.02. The second kappa shape index (κ2) is 7.38. The number of carbonyl (C=O) groups excluding carboxylic acids is 1. The van der Waals surface area contributed by atoms with E-state index in [2.05, 4.69) is 20.4 Å². The predicted octanol–water partition coefficient (Wildman–Crippen LogP) is 2.21. The van der Waals surface area contributed by atoms with Crippen LogP contribution in [-0.2, 0) is 0 Å². The average Bonchev–Trinajstić information content (AvgIpc) is 2.62. The number of carbonyl (C=O) groups is 1. The van der Waals surface area contributed by atoms with Gasteiger partial charge in [0.15, 0.2) is 5.82 Å². The van der Waals surface area contributed by atoms with Crippen LogP contribution in [0.5, 0.6) is 0 Å². The lowest BCUT2D eigenvalue weighted by molar-refractivity contribution is 0.208. The predicted molar refractivity (Wildman–Crippen MR) is 100 cm³/mol. The fourth-order valence-corrected chi connectivity index (χ4v) is 2.81. The summed E-state index contributed by atoms with van der Waals surface area (Å²) in [4.78, 5) is 18.4. The van der Waals surface area contributed by atoms with Gasteiger partial charge >= 0.3 is 6.03 Å². The van der Waals surface area contributed by atoms with E-state index in [1.807, 2.05) is 61.2 Å². The van der Waals surface area contributed by atoms with Crippen LogP contribution in [0.4, 0.5) is 22.0 Å². The van der Waals surface area contributed by atoms with E-state index in [4.69, 9.17) is 0 Å². The minimum atomic E-state index is -0.0571. The van der Waals surface area contributed by atoms with Crippen LogP contribution in [-0.4, -0.2) is 61.4 Å². The summed E-state index contributed by atoms with van der Waals surface area (Å²) in [6.45, 7) is 4.81. The van der Waals surface area contributed by atoms with Gasteiger partial charge in [-0.15, -0.1) is 5.10 Å². The third kappa shape index (κ3) is 4.17. The fraction of sp³-hybridized carbons (Fsp3) is 0.389. The first-order chi connectivity index (χ1) is 12.0. The summed E-state index contributed by atoms with van der Waals surface area (Å²) in [5.41, 5.74) is 2.98. The van der Waals surface area contributed by atoms with E-state index in [0.717, 1.165) is 35.8 Å². The molecule has 0 saturated carbocycles. The number of benzene rings is 1. The SMILES string of the molecule is Cc1cccc(NC(=O)N2CCN(c3cc(N(C)C)cnn3)CC2)c1.